The Balaban J connectivity index is 3.20. The van der Waals surface area contributed by atoms with Crippen LogP contribution in [-0.2, 0) is 7.05 Å². The number of carboxylic acid groups (broad SMARTS) is 1. The average Bonchev–Trinajstić information content (AvgIpc) is 2.30. The van der Waals surface area contributed by atoms with Gasteiger partial charge in [-0.2, -0.15) is 5.26 Å². The second-order valence-corrected chi connectivity index (χ2v) is 2.14. The molecule has 0 fully saturated rings. The molecular formula is C7H6N2O2. The summed E-state index contributed by atoms with van der Waals surface area (Å²) >= 11 is 0. The Morgan fingerprint density at radius 1 is 1.82 bits per heavy atom. The molecule has 0 saturated carbocycles. The third-order valence-electron chi connectivity index (χ3n) is 1.35. The van der Waals surface area contributed by atoms with Crippen molar-refractivity contribution in [1.82, 2.24) is 4.57 Å². The maximum Gasteiger partial charge on any atom is 0.352 e. The van der Waals surface area contributed by atoms with Crippen molar-refractivity contribution in [3.8, 4) is 6.07 Å². The first kappa shape index (κ1) is 7.35. The van der Waals surface area contributed by atoms with Crippen LogP contribution in [0, 0.1) is 11.3 Å². The molecule has 0 radical (unpaired) electrons. The summed E-state index contributed by atoms with van der Waals surface area (Å²) in [4.78, 5) is 10.4. The lowest BCUT2D eigenvalue weighted by molar-refractivity contribution is 0.0686. The topological polar surface area (TPSA) is 66.0 Å². The Morgan fingerprint density at radius 2 is 2.45 bits per heavy atom. The smallest absolute Gasteiger partial charge is 0.352 e. The van der Waals surface area contributed by atoms with Gasteiger partial charge in [-0.05, 0) is 6.07 Å². The van der Waals surface area contributed by atoms with Gasteiger partial charge in [0.15, 0.2) is 0 Å². The zero-order chi connectivity index (χ0) is 8.43. The van der Waals surface area contributed by atoms with Crippen molar-refractivity contribution in [3.63, 3.8) is 0 Å². The van der Waals surface area contributed by atoms with Gasteiger partial charge in [0.05, 0.1) is 5.56 Å². The zero-order valence-corrected chi connectivity index (χ0v) is 5.90. The molecule has 1 aromatic heterocycles. The number of rotatable bonds is 1. The van der Waals surface area contributed by atoms with Crippen molar-refractivity contribution >= 4 is 5.97 Å². The number of aromatic nitrogens is 1. The molecule has 56 valence electrons. The molecular weight excluding hydrogens is 144 g/mol. The number of hydrogen-bond acceptors (Lipinski definition) is 2. The van der Waals surface area contributed by atoms with Gasteiger partial charge in [-0.1, -0.05) is 0 Å². The van der Waals surface area contributed by atoms with Crippen LogP contribution in [0.3, 0.4) is 0 Å². The molecule has 0 atom stereocenters. The van der Waals surface area contributed by atoms with Gasteiger partial charge in [-0.15, -0.1) is 0 Å². The number of carbonyl (C=O) groups is 1. The molecule has 0 amide bonds. The van der Waals surface area contributed by atoms with E-state index in [2.05, 4.69) is 0 Å². The molecule has 0 saturated heterocycles. The molecule has 0 aliphatic carbocycles. The van der Waals surface area contributed by atoms with Crippen molar-refractivity contribution in [1.29, 1.82) is 5.26 Å². The number of aromatic carboxylic acids is 1. The predicted molar refractivity (Wildman–Crippen MR) is 37.1 cm³/mol. The monoisotopic (exact) mass is 150 g/mol. The SMILES string of the molecule is Cn1cc(C#N)cc1C(=O)O. The number of aryl methyl sites for hydroxylation is 1. The Kier molecular flexibility index (Phi) is 1.65. The highest BCUT2D eigenvalue weighted by Gasteiger charge is 2.08. The van der Waals surface area contributed by atoms with Crippen LogP contribution in [-0.4, -0.2) is 15.6 Å². The predicted octanol–water partition coefficient (Wildman–Crippen LogP) is 0.595. The van der Waals surface area contributed by atoms with Crippen LogP contribution in [0.4, 0.5) is 0 Å². The molecule has 1 heterocycles. The first-order chi connectivity index (χ1) is 5.15. The fourth-order valence-electron chi connectivity index (χ4n) is 0.838. The summed E-state index contributed by atoms with van der Waals surface area (Å²) < 4.78 is 1.40. The molecule has 0 bridgehead atoms. The van der Waals surface area contributed by atoms with Crippen LogP contribution in [0.5, 0.6) is 0 Å². The van der Waals surface area contributed by atoms with E-state index >= 15 is 0 Å². The highest BCUT2D eigenvalue weighted by atomic mass is 16.4. The van der Waals surface area contributed by atoms with E-state index in [1.165, 1.54) is 16.8 Å². The van der Waals surface area contributed by atoms with Crippen LogP contribution >= 0.6 is 0 Å². The van der Waals surface area contributed by atoms with Crippen LogP contribution in [0.1, 0.15) is 16.1 Å². The molecule has 0 aromatic carbocycles. The van der Waals surface area contributed by atoms with Gasteiger partial charge in [-0.3, -0.25) is 0 Å². The molecule has 1 aromatic rings. The molecule has 0 unspecified atom stereocenters. The average molecular weight is 150 g/mol. The van der Waals surface area contributed by atoms with Crippen LogP contribution in [0.15, 0.2) is 12.3 Å². The molecule has 0 aliphatic heterocycles. The van der Waals surface area contributed by atoms with Crippen molar-refractivity contribution in [2.45, 2.75) is 0 Å². The minimum Gasteiger partial charge on any atom is -0.477 e. The molecule has 4 heteroatoms. The van der Waals surface area contributed by atoms with Crippen LogP contribution in [0.25, 0.3) is 0 Å². The second kappa shape index (κ2) is 2.46. The van der Waals surface area contributed by atoms with Gasteiger partial charge in [0.25, 0.3) is 0 Å². The molecule has 0 spiro atoms. The third kappa shape index (κ3) is 1.22. The first-order valence-electron chi connectivity index (χ1n) is 2.95. The Bertz CT molecular complexity index is 333. The van der Waals surface area contributed by atoms with Crippen LogP contribution < -0.4 is 0 Å². The van der Waals surface area contributed by atoms with Gasteiger partial charge in [0.2, 0.25) is 0 Å². The van der Waals surface area contributed by atoms with E-state index in [9.17, 15) is 4.79 Å². The van der Waals surface area contributed by atoms with Crippen molar-refractivity contribution in [2.24, 2.45) is 7.05 Å². The largest absolute Gasteiger partial charge is 0.477 e. The van der Waals surface area contributed by atoms with Crippen molar-refractivity contribution < 1.29 is 9.90 Å². The highest BCUT2D eigenvalue weighted by Crippen LogP contribution is 2.04. The molecule has 1 N–H and O–H groups in total. The molecule has 1 rings (SSSR count). The maximum atomic E-state index is 10.4. The molecule has 0 aliphatic rings. The lowest BCUT2D eigenvalue weighted by atomic mass is 10.3. The summed E-state index contributed by atoms with van der Waals surface area (Å²) in [6, 6.07) is 3.19. The van der Waals surface area contributed by atoms with E-state index in [1.54, 1.807) is 7.05 Å². The van der Waals surface area contributed by atoms with Crippen molar-refractivity contribution in [3.05, 3.63) is 23.5 Å². The Hall–Kier alpha value is -1.76. The summed E-state index contributed by atoms with van der Waals surface area (Å²) in [5.74, 6) is -1.02. The number of hydrogen-bond donors (Lipinski definition) is 1. The molecule has 11 heavy (non-hydrogen) atoms. The van der Waals surface area contributed by atoms with E-state index in [0.717, 1.165) is 0 Å². The summed E-state index contributed by atoms with van der Waals surface area (Å²) in [7, 11) is 1.59. The summed E-state index contributed by atoms with van der Waals surface area (Å²) in [5.41, 5.74) is 0.492. The van der Waals surface area contributed by atoms with Gasteiger partial charge in [0, 0.05) is 13.2 Å². The Labute approximate surface area is 63.3 Å². The number of carboxylic acids is 1. The lowest BCUT2D eigenvalue weighted by Gasteiger charge is -1.92. The van der Waals surface area contributed by atoms with Gasteiger partial charge >= 0.3 is 5.97 Å². The minimum absolute atomic E-state index is 0.126. The van der Waals surface area contributed by atoms with Crippen molar-refractivity contribution in [2.75, 3.05) is 0 Å². The van der Waals surface area contributed by atoms with Crippen LogP contribution in [0.2, 0.25) is 0 Å². The van der Waals surface area contributed by atoms with E-state index < -0.39 is 5.97 Å². The van der Waals surface area contributed by atoms with Gasteiger partial charge in [-0.25, -0.2) is 4.79 Å². The molecule has 4 nitrogen and oxygen atoms in total. The van der Waals surface area contributed by atoms with E-state index in [4.69, 9.17) is 10.4 Å². The van der Waals surface area contributed by atoms with Gasteiger partial charge < -0.3 is 9.67 Å². The first-order valence-corrected chi connectivity index (χ1v) is 2.95. The fraction of sp³-hybridized carbons (Fsp3) is 0.143. The number of nitrogens with zero attached hydrogens (tertiary/aromatic N) is 2. The van der Waals surface area contributed by atoms with E-state index in [1.807, 2.05) is 6.07 Å². The highest BCUT2D eigenvalue weighted by molar-refractivity contribution is 5.86. The fourth-order valence-corrected chi connectivity index (χ4v) is 0.838. The zero-order valence-electron chi connectivity index (χ0n) is 5.90. The minimum atomic E-state index is -1.02. The summed E-state index contributed by atoms with van der Waals surface area (Å²) in [6.07, 6.45) is 1.48. The normalized spacial score (nSPS) is 9.09. The standard InChI is InChI=1S/C7H6N2O2/c1-9-4-5(3-8)2-6(9)7(10)11/h2,4H,1H3,(H,10,11). The lowest BCUT2D eigenvalue weighted by Crippen LogP contribution is -2.02. The summed E-state index contributed by atoms with van der Waals surface area (Å²) in [5, 5.41) is 16.9. The Morgan fingerprint density at radius 3 is 2.73 bits per heavy atom. The quantitative estimate of drug-likeness (QED) is 0.637. The number of nitriles is 1. The van der Waals surface area contributed by atoms with E-state index in [0.29, 0.717) is 5.56 Å². The maximum absolute atomic E-state index is 10.4. The summed E-state index contributed by atoms with van der Waals surface area (Å²) in [6.45, 7) is 0. The third-order valence-corrected chi connectivity index (χ3v) is 1.35. The van der Waals surface area contributed by atoms with Gasteiger partial charge in [0.1, 0.15) is 11.8 Å². The second-order valence-electron chi connectivity index (χ2n) is 2.14. The van der Waals surface area contributed by atoms with E-state index in [-0.39, 0.29) is 5.69 Å².